The third-order valence-corrected chi connectivity index (χ3v) is 9.63. The summed E-state index contributed by atoms with van der Waals surface area (Å²) in [6.07, 6.45) is 8.21. The first-order chi connectivity index (χ1) is 15.8. The maximum Gasteiger partial charge on any atom is 0.250 e. The van der Waals surface area contributed by atoms with Crippen LogP contribution in [0.2, 0.25) is 0 Å². The number of benzene rings is 1. The summed E-state index contributed by atoms with van der Waals surface area (Å²) in [5.74, 6) is -0.0698. The summed E-state index contributed by atoms with van der Waals surface area (Å²) in [5, 5.41) is 3.17. The molecule has 0 unspecified atom stereocenters. The van der Waals surface area contributed by atoms with Crippen molar-refractivity contribution in [2.24, 2.45) is 5.73 Å². The zero-order chi connectivity index (χ0) is 23.6. The molecule has 0 aliphatic carbocycles. The van der Waals surface area contributed by atoms with Crippen LogP contribution in [0.4, 0.5) is 0 Å². The third-order valence-electron chi connectivity index (χ3n) is 6.75. The standard InChI is InChI=1S/C25H33N3O3S2/c1-3-5-6-7-20-12-19(16-32-20)18-13-21-23(15-27-24(21)22(14-18)25(26)29)17-8-10-28(11-9-17)33(30,31)4-2/h12-17,27H,3-11H2,1-2H3,(H2,26,29). The topological polar surface area (TPSA) is 96.3 Å². The molecule has 0 saturated carbocycles. The van der Waals surface area contributed by atoms with Crippen LogP contribution in [0.1, 0.15) is 72.7 Å². The number of nitrogens with two attached hydrogens (primary N) is 1. The number of aromatic nitrogens is 1. The smallest absolute Gasteiger partial charge is 0.250 e. The monoisotopic (exact) mass is 487 g/mol. The largest absolute Gasteiger partial charge is 0.366 e. The maximum absolute atomic E-state index is 12.3. The summed E-state index contributed by atoms with van der Waals surface area (Å²) in [4.78, 5) is 16.9. The number of carbonyl (C=O) groups excluding carboxylic acids is 1. The lowest BCUT2D eigenvalue weighted by molar-refractivity contribution is 0.100. The molecule has 3 N–H and O–H groups in total. The number of thiophene rings is 1. The molecule has 1 aliphatic rings. The zero-order valence-electron chi connectivity index (χ0n) is 19.4. The van der Waals surface area contributed by atoms with E-state index in [0.717, 1.165) is 46.9 Å². The van der Waals surface area contributed by atoms with Crippen LogP contribution in [0.3, 0.4) is 0 Å². The van der Waals surface area contributed by atoms with E-state index in [1.807, 2.05) is 12.3 Å². The molecule has 1 fully saturated rings. The summed E-state index contributed by atoms with van der Waals surface area (Å²) in [6, 6.07) is 6.27. The number of H-pyrrole nitrogens is 1. The molecule has 1 amide bonds. The fourth-order valence-electron chi connectivity index (χ4n) is 4.79. The van der Waals surface area contributed by atoms with E-state index in [2.05, 4.69) is 29.4 Å². The number of nitrogens with zero attached hydrogens (tertiary/aromatic N) is 1. The minimum absolute atomic E-state index is 0.136. The predicted octanol–water partition coefficient (Wildman–Crippen LogP) is 5.26. The van der Waals surface area contributed by atoms with Crippen LogP contribution >= 0.6 is 11.3 Å². The Hall–Kier alpha value is -2.16. The number of amides is 1. The van der Waals surface area contributed by atoms with Gasteiger partial charge in [-0.1, -0.05) is 19.8 Å². The van der Waals surface area contributed by atoms with Gasteiger partial charge in [0, 0.05) is 29.5 Å². The summed E-state index contributed by atoms with van der Waals surface area (Å²) < 4.78 is 26.1. The molecule has 3 aromatic rings. The van der Waals surface area contributed by atoms with E-state index in [1.165, 1.54) is 24.1 Å². The van der Waals surface area contributed by atoms with Crippen LogP contribution in [0, 0.1) is 0 Å². The molecular formula is C25H33N3O3S2. The van der Waals surface area contributed by atoms with E-state index in [9.17, 15) is 13.2 Å². The summed E-state index contributed by atoms with van der Waals surface area (Å²) in [6.45, 7) is 4.96. The number of aryl methyl sites for hydroxylation is 1. The maximum atomic E-state index is 12.3. The number of hydrogen-bond donors (Lipinski definition) is 2. The van der Waals surface area contributed by atoms with Gasteiger partial charge in [0.2, 0.25) is 10.0 Å². The molecule has 33 heavy (non-hydrogen) atoms. The van der Waals surface area contributed by atoms with Crippen molar-refractivity contribution in [3.05, 3.63) is 45.8 Å². The van der Waals surface area contributed by atoms with Crippen LogP contribution in [-0.2, 0) is 16.4 Å². The minimum Gasteiger partial charge on any atom is -0.366 e. The van der Waals surface area contributed by atoms with E-state index >= 15 is 0 Å². The molecule has 1 aromatic carbocycles. The van der Waals surface area contributed by atoms with Gasteiger partial charge in [-0.25, -0.2) is 12.7 Å². The van der Waals surface area contributed by atoms with Gasteiger partial charge in [0.25, 0.3) is 5.91 Å². The minimum atomic E-state index is -3.16. The van der Waals surface area contributed by atoms with Crippen LogP contribution in [0.5, 0.6) is 0 Å². The molecule has 0 bridgehead atoms. The SMILES string of the molecule is CCCCCc1cc(-c2cc(C(N)=O)c3[nH]cc(C4CCN(S(=O)(=O)CC)CC4)c3c2)cs1. The first-order valence-electron chi connectivity index (χ1n) is 11.8. The van der Waals surface area contributed by atoms with Crippen molar-refractivity contribution in [1.82, 2.24) is 9.29 Å². The number of hydrogen-bond acceptors (Lipinski definition) is 4. The van der Waals surface area contributed by atoms with Gasteiger partial charge in [0.1, 0.15) is 0 Å². The van der Waals surface area contributed by atoms with Gasteiger partial charge >= 0.3 is 0 Å². The van der Waals surface area contributed by atoms with Gasteiger partial charge in [-0.15, -0.1) is 11.3 Å². The molecule has 0 radical (unpaired) electrons. The molecule has 2 aromatic heterocycles. The molecular weight excluding hydrogens is 454 g/mol. The van der Waals surface area contributed by atoms with Crippen LogP contribution in [0.25, 0.3) is 22.0 Å². The Kier molecular flexibility index (Phi) is 7.26. The Balaban J connectivity index is 1.65. The third kappa shape index (κ3) is 5.03. The fraction of sp³-hybridized carbons (Fsp3) is 0.480. The molecule has 0 spiro atoms. The molecule has 8 heteroatoms. The quantitative estimate of drug-likeness (QED) is 0.403. The van der Waals surface area contributed by atoms with Gasteiger partial charge in [-0.2, -0.15) is 0 Å². The number of nitrogens with one attached hydrogen (secondary N) is 1. The van der Waals surface area contributed by atoms with E-state index < -0.39 is 15.9 Å². The first-order valence-corrected chi connectivity index (χ1v) is 14.3. The molecule has 1 aliphatic heterocycles. The van der Waals surface area contributed by atoms with E-state index in [-0.39, 0.29) is 11.7 Å². The van der Waals surface area contributed by atoms with Gasteiger partial charge in [0.15, 0.2) is 0 Å². The number of fused-ring (bicyclic) bond motifs is 1. The van der Waals surface area contributed by atoms with Gasteiger partial charge in [-0.05, 0) is 78.8 Å². The summed E-state index contributed by atoms with van der Waals surface area (Å²) in [7, 11) is -3.16. The van der Waals surface area contributed by atoms with E-state index in [0.29, 0.717) is 18.7 Å². The zero-order valence-corrected chi connectivity index (χ0v) is 21.0. The molecule has 1 saturated heterocycles. The second-order valence-electron chi connectivity index (χ2n) is 8.89. The number of rotatable bonds is 9. The lowest BCUT2D eigenvalue weighted by atomic mass is 9.88. The normalized spacial score (nSPS) is 15.9. The van der Waals surface area contributed by atoms with Crippen molar-refractivity contribution in [3.63, 3.8) is 0 Å². The number of sulfonamides is 1. The molecule has 178 valence electrons. The predicted molar refractivity (Wildman–Crippen MR) is 136 cm³/mol. The van der Waals surface area contributed by atoms with Crippen molar-refractivity contribution in [3.8, 4) is 11.1 Å². The first kappa shape index (κ1) is 24.0. The second kappa shape index (κ2) is 9.99. The Morgan fingerprint density at radius 3 is 2.58 bits per heavy atom. The lowest BCUT2D eigenvalue weighted by Gasteiger charge is -2.31. The summed E-state index contributed by atoms with van der Waals surface area (Å²) in [5.41, 5.74) is 10.3. The van der Waals surface area contributed by atoms with Crippen molar-refractivity contribution >= 4 is 38.2 Å². The highest BCUT2D eigenvalue weighted by Crippen LogP contribution is 2.38. The number of piperidine rings is 1. The van der Waals surface area contributed by atoms with Gasteiger partial charge in [0.05, 0.1) is 16.8 Å². The average molecular weight is 488 g/mol. The van der Waals surface area contributed by atoms with Gasteiger partial charge in [-0.3, -0.25) is 4.79 Å². The second-order valence-corrected chi connectivity index (χ2v) is 12.1. The number of primary amides is 1. The van der Waals surface area contributed by atoms with Gasteiger partial charge < -0.3 is 10.7 Å². The van der Waals surface area contributed by atoms with Crippen molar-refractivity contribution in [2.75, 3.05) is 18.8 Å². The summed E-state index contributed by atoms with van der Waals surface area (Å²) >= 11 is 1.77. The number of aromatic amines is 1. The molecule has 0 atom stereocenters. The Bertz CT molecular complexity index is 1240. The number of unbranched alkanes of at least 4 members (excludes halogenated alkanes) is 2. The molecule has 6 nitrogen and oxygen atoms in total. The van der Waals surface area contributed by atoms with E-state index in [1.54, 1.807) is 22.6 Å². The van der Waals surface area contributed by atoms with Crippen molar-refractivity contribution in [2.45, 2.75) is 58.3 Å². The Morgan fingerprint density at radius 1 is 1.15 bits per heavy atom. The average Bonchev–Trinajstić information content (AvgIpc) is 3.46. The van der Waals surface area contributed by atoms with Crippen LogP contribution in [0.15, 0.2) is 29.8 Å². The molecule has 3 heterocycles. The highest BCUT2D eigenvalue weighted by atomic mass is 32.2. The lowest BCUT2D eigenvalue weighted by Crippen LogP contribution is -2.38. The number of carbonyl (C=O) groups is 1. The van der Waals surface area contributed by atoms with Crippen molar-refractivity contribution in [1.29, 1.82) is 0 Å². The van der Waals surface area contributed by atoms with Crippen LogP contribution < -0.4 is 5.73 Å². The van der Waals surface area contributed by atoms with Crippen LogP contribution in [-0.4, -0.2) is 42.5 Å². The molecule has 4 rings (SSSR count). The Morgan fingerprint density at radius 2 is 1.91 bits per heavy atom. The fourth-order valence-corrected chi connectivity index (χ4v) is 6.86. The highest BCUT2D eigenvalue weighted by Gasteiger charge is 2.29. The van der Waals surface area contributed by atoms with E-state index in [4.69, 9.17) is 5.73 Å². The Labute approximate surface area is 200 Å². The van der Waals surface area contributed by atoms with Crippen molar-refractivity contribution < 1.29 is 13.2 Å². The highest BCUT2D eigenvalue weighted by molar-refractivity contribution is 7.89.